The second kappa shape index (κ2) is 9.66. The molecule has 0 aliphatic rings. The number of aryl methyl sites for hydroxylation is 2. The lowest BCUT2D eigenvalue weighted by Gasteiger charge is -2.07. The highest BCUT2D eigenvalue weighted by Crippen LogP contribution is 2.19. The van der Waals surface area contributed by atoms with Gasteiger partial charge in [0.15, 0.2) is 0 Å². The van der Waals surface area contributed by atoms with Gasteiger partial charge in [-0.2, -0.15) is 5.10 Å². The number of hydrazone groups is 1. The van der Waals surface area contributed by atoms with Gasteiger partial charge in [0.2, 0.25) is 5.91 Å². The minimum atomic E-state index is -0.949. The smallest absolute Gasteiger partial charge is 0.326 e. The van der Waals surface area contributed by atoms with Crippen LogP contribution in [0.2, 0.25) is 5.02 Å². The molecule has 0 heterocycles. The predicted octanol–water partition coefficient (Wildman–Crippen LogP) is 3.42. The summed E-state index contributed by atoms with van der Waals surface area (Å²) in [6.07, 6.45) is -0.0245. The highest BCUT2D eigenvalue weighted by atomic mass is 35.5. The molecule has 0 saturated carbocycles. The van der Waals surface area contributed by atoms with E-state index in [0.29, 0.717) is 22.1 Å². The molecule has 0 fully saturated rings. The summed E-state index contributed by atoms with van der Waals surface area (Å²) in [5.74, 6) is -2.12. The van der Waals surface area contributed by atoms with Crippen LogP contribution in [0.4, 0.5) is 11.4 Å². The Balaban J connectivity index is 1.84. The van der Waals surface area contributed by atoms with Gasteiger partial charge < -0.3 is 10.6 Å². The molecule has 0 aromatic heterocycles. The van der Waals surface area contributed by atoms with Crippen molar-refractivity contribution in [2.24, 2.45) is 5.10 Å². The van der Waals surface area contributed by atoms with Gasteiger partial charge >= 0.3 is 11.8 Å². The van der Waals surface area contributed by atoms with Crippen LogP contribution in [-0.2, 0) is 14.4 Å². The van der Waals surface area contributed by atoms with E-state index in [1.807, 2.05) is 26.0 Å². The van der Waals surface area contributed by atoms with E-state index in [1.165, 1.54) is 0 Å². The lowest BCUT2D eigenvalue weighted by atomic mass is 10.2. The maximum absolute atomic E-state index is 12.0. The first-order valence-electron chi connectivity index (χ1n) is 8.52. The maximum Gasteiger partial charge on any atom is 0.329 e. The second-order valence-corrected chi connectivity index (χ2v) is 6.70. The summed E-state index contributed by atoms with van der Waals surface area (Å²) in [5, 5.41) is 9.42. The fourth-order valence-electron chi connectivity index (χ4n) is 2.17. The number of hydrogen-bond acceptors (Lipinski definition) is 4. The van der Waals surface area contributed by atoms with Gasteiger partial charge in [0, 0.05) is 22.1 Å². The largest absolute Gasteiger partial charge is 0.329 e. The number of nitrogens with zero attached hydrogens (tertiary/aromatic N) is 1. The van der Waals surface area contributed by atoms with Gasteiger partial charge in [-0.15, -0.1) is 0 Å². The van der Waals surface area contributed by atoms with E-state index in [9.17, 15) is 14.4 Å². The van der Waals surface area contributed by atoms with Gasteiger partial charge in [-0.05, 0) is 50.6 Å². The summed E-state index contributed by atoms with van der Waals surface area (Å²) in [5.41, 5.74) is 5.49. The Morgan fingerprint density at radius 3 is 2.21 bits per heavy atom. The van der Waals surface area contributed by atoms with Gasteiger partial charge in [-0.1, -0.05) is 35.4 Å². The van der Waals surface area contributed by atoms with Crippen LogP contribution in [0, 0.1) is 13.8 Å². The van der Waals surface area contributed by atoms with E-state index in [0.717, 1.165) is 11.1 Å². The van der Waals surface area contributed by atoms with Crippen LogP contribution >= 0.6 is 11.6 Å². The first kappa shape index (κ1) is 21.1. The van der Waals surface area contributed by atoms with Gasteiger partial charge in [-0.3, -0.25) is 14.4 Å². The molecule has 7 nitrogen and oxygen atoms in total. The number of hydrogen-bond donors (Lipinski definition) is 3. The summed E-state index contributed by atoms with van der Waals surface area (Å²) >= 11 is 5.98. The van der Waals surface area contributed by atoms with Gasteiger partial charge in [0.25, 0.3) is 0 Å². The van der Waals surface area contributed by atoms with Crippen molar-refractivity contribution in [3.8, 4) is 0 Å². The summed E-state index contributed by atoms with van der Waals surface area (Å²) in [4.78, 5) is 35.7. The molecule has 2 aromatic carbocycles. The van der Waals surface area contributed by atoms with Crippen molar-refractivity contribution >= 4 is 46.4 Å². The monoisotopic (exact) mass is 400 g/mol. The second-order valence-electron chi connectivity index (χ2n) is 6.30. The van der Waals surface area contributed by atoms with Crippen LogP contribution < -0.4 is 16.1 Å². The molecule has 0 unspecified atom stereocenters. The molecular weight excluding hydrogens is 380 g/mol. The molecule has 0 atom stereocenters. The maximum atomic E-state index is 12.0. The predicted molar refractivity (Wildman–Crippen MR) is 110 cm³/mol. The van der Waals surface area contributed by atoms with E-state index < -0.39 is 11.8 Å². The zero-order valence-corrected chi connectivity index (χ0v) is 16.6. The number of benzene rings is 2. The van der Waals surface area contributed by atoms with Crippen LogP contribution in [0.5, 0.6) is 0 Å². The topological polar surface area (TPSA) is 99.7 Å². The van der Waals surface area contributed by atoms with Gasteiger partial charge in [0.1, 0.15) is 0 Å². The lowest BCUT2D eigenvalue weighted by molar-refractivity contribution is -0.136. The first-order chi connectivity index (χ1) is 13.2. The van der Waals surface area contributed by atoms with E-state index >= 15 is 0 Å². The number of rotatable bonds is 5. The van der Waals surface area contributed by atoms with Gasteiger partial charge in [0.05, 0.1) is 6.42 Å². The summed E-state index contributed by atoms with van der Waals surface area (Å²) in [6, 6.07) is 12.3. The fraction of sp³-hybridized carbons (Fsp3) is 0.200. The SMILES string of the molecule is C/C(CC(=O)Nc1ccc(C)cc1)=N\NC(=O)C(=O)Nc1ccc(C)c(Cl)c1. The van der Waals surface area contributed by atoms with E-state index in [-0.39, 0.29) is 12.3 Å². The zero-order chi connectivity index (χ0) is 20.7. The summed E-state index contributed by atoms with van der Waals surface area (Å²) in [7, 11) is 0. The van der Waals surface area contributed by atoms with Crippen molar-refractivity contribution in [1.82, 2.24) is 5.43 Å². The Hall–Kier alpha value is -3.19. The Bertz CT molecular complexity index is 924. The molecule has 0 bridgehead atoms. The van der Waals surface area contributed by atoms with Crippen LogP contribution in [0.1, 0.15) is 24.5 Å². The molecule has 28 heavy (non-hydrogen) atoms. The lowest BCUT2D eigenvalue weighted by Crippen LogP contribution is -2.33. The molecule has 0 radical (unpaired) electrons. The van der Waals surface area contributed by atoms with E-state index in [4.69, 9.17) is 11.6 Å². The van der Waals surface area contributed by atoms with Crippen molar-refractivity contribution in [3.05, 3.63) is 58.6 Å². The van der Waals surface area contributed by atoms with Crippen molar-refractivity contribution in [1.29, 1.82) is 0 Å². The van der Waals surface area contributed by atoms with E-state index in [1.54, 1.807) is 37.3 Å². The average Bonchev–Trinajstić information content (AvgIpc) is 2.64. The van der Waals surface area contributed by atoms with Crippen LogP contribution in [0.15, 0.2) is 47.6 Å². The van der Waals surface area contributed by atoms with E-state index in [2.05, 4.69) is 21.2 Å². The molecule has 2 aromatic rings. The number of amides is 3. The van der Waals surface area contributed by atoms with Crippen molar-refractivity contribution in [2.45, 2.75) is 27.2 Å². The molecule has 0 aliphatic heterocycles. The molecule has 2 rings (SSSR count). The molecule has 0 aliphatic carbocycles. The molecule has 8 heteroatoms. The Labute approximate surface area is 168 Å². The van der Waals surface area contributed by atoms with Crippen molar-refractivity contribution in [2.75, 3.05) is 10.6 Å². The molecule has 3 N–H and O–H groups in total. The molecule has 0 saturated heterocycles. The standard InChI is InChI=1S/C20H21ClN4O3/c1-12-4-7-15(8-5-12)22-18(26)10-14(3)24-25-20(28)19(27)23-16-9-6-13(2)17(21)11-16/h4-9,11H,10H2,1-3H3,(H,22,26)(H,23,27)(H,25,28)/b24-14+. The first-order valence-corrected chi connectivity index (χ1v) is 8.89. The van der Waals surface area contributed by atoms with Crippen LogP contribution in [0.25, 0.3) is 0 Å². The number of halogens is 1. The molecular formula is C20H21ClN4O3. The highest BCUT2D eigenvalue weighted by Gasteiger charge is 2.14. The minimum Gasteiger partial charge on any atom is -0.326 e. The summed E-state index contributed by atoms with van der Waals surface area (Å²) in [6.45, 7) is 5.36. The molecule has 0 spiro atoms. The van der Waals surface area contributed by atoms with Crippen LogP contribution in [-0.4, -0.2) is 23.4 Å². The highest BCUT2D eigenvalue weighted by molar-refractivity contribution is 6.40. The number of nitrogens with one attached hydrogen (secondary N) is 3. The van der Waals surface area contributed by atoms with Gasteiger partial charge in [-0.25, -0.2) is 5.43 Å². The third-order valence-corrected chi connectivity index (χ3v) is 4.14. The Morgan fingerprint density at radius 2 is 1.57 bits per heavy atom. The van der Waals surface area contributed by atoms with Crippen LogP contribution in [0.3, 0.4) is 0 Å². The van der Waals surface area contributed by atoms with Crippen molar-refractivity contribution in [3.63, 3.8) is 0 Å². The molecule has 3 amide bonds. The number of carbonyl (C=O) groups is 3. The summed E-state index contributed by atoms with van der Waals surface area (Å²) < 4.78 is 0. The average molecular weight is 401 g/mol. The quantitative estimate of drug-likeness (QED) is 0.407. The minimum absolute atomic E-state index is 0.0245. The normalized spacial score (nSPS) is 10.9. The number of anilines is 2. The third kappa shape index (κ3) is 6.51. The third-order valence-electron chi connectivity index (χ3n) is 3.74. The number of carbonyl (C=O) groups excluding carboxylic acids is 3. The zero-order valence-electron chi connectivity index (χ0n) is 15.8. The Morgan fingerprint density at radius 1 is 0.929 bits per heavy atom. The van der Waals surface area contributed by atoms with Crippen molar-refractivity contribution < 1.29 is 14.4 Å². The fourth-order valence-corrected chi connectivity index (χ4v) is 2.35. The molecule has 146 valence electrons. The Kier molecular flexibility index (Phi) is 7.28.